The van der Waals surface area contributed by atoms with Crippen LogP contribution in [0.5, 0.6) is 0 Å². The van der Waals surface area contributed by atoms with E-state index in [0.29, 0.717) is 11.6 Å². The van der Waals surface area contributed by atoms with E-state index in [0.717, 1.165) is 27.7 Å². The van der Waals surface area contributed by atoms with Crippen LogP contribution in [0.4, 0.5) is 4.39 Å². The quantitative estimate of drug-likeness (QED) is 0.544. The molecule has 2 aliphatic rings. The molecule has 0 saturated heterocycles. The second kappa shape index (κ2) is 7.99. The van der Waals surface area contributed by atoms with Crippen LogP contribution >= 0.6 is 23.1 Å². The van der Waals surface area contributed by atoms with Gasteiger partial charge in [0, 0.05) is 28.4 Å². The molecule has 0 radical (unpaired) electrons. The van der Waals surface area contributed by atoms with E-state index in [1.165, 1.54) is 33.8 Å². The van der Waals surface area contributed by atoms with Crippen LogP contribution in [-0.2, 0) is 11.2 Å². The zero-order valence-electron chi connectivity index (χ0n) is 17.3. The number of aryl methyl sites for hydroxylation is 1. The van der Waals surface area contributed by atoms with Gasteiger partial charge in [0.25, 0.3) is 5.91 Å². The van der Waals surface area contributed by atoms with Crippen molar-refractivity contribution >= 4 is 51.1 Å². The minimum Gasteiger partial charge on any atom is -0.318 e. The number of hydrazone groups is 1. The van der Waals surface area contributed by atoms with Gasteiger partial charge in [-0.05, 0) is 79.0 Å². The van der Waals surface area contributed by atoms with E-state index in [1.807, 2.05) is 42.0 Å². The number of thiophene rings is 1. The third-order valence-electron chi connectivity index (χ3n) is 5.26. The number of nitrogens with zero attached hydrogens (tertiary/aromatic N) is 4. The molecule has 32 heavy (non-hydrogen) atoms. The van der Waals surface area contributed by atoms with Gasteiger partial charge >= 0.3 is 0 Å². The van der Waals surface area contributed by atoms with Gasteiger partial charge in [-0.25, -0.2) is 4.39 Å². The van der Waals surface area contributed by atoms with Crippen molar-refractivity contribution < 1.29 is 9.18 Å². The van der Waals surface area contributed by atoms with Gasteiger partial charge in [0.05, 0.1) is 5.57 Å². The fourth-order valence-electron chi connectivity index (χ4n) is 3.74. The van der Waals surface area contributed by atoms with Crippen molar-refractivity contribution in [3.05, 3.63) is 81.1 Å². The van der Waals surface area contributed by atoms with Gasteiger partial charge in [0.2, 0.25) is 5.17 Å². The monoisotopic (exact) mass is 463 g/mol. The van der Waals surface area contributed by atoms with Gasteiger partial charge in [0.1, 0.15) is 10.9 Å². The Bertz CT molecular complexity index is 1330. The van der Waals surface area contributed by atoms with Crippen molar-refractivity contribution in [2.45, 2.75) is 20.3 Å². The highest BCUT2D eigenvalue weighted by molar-refractivity contribution is 8.27. The molecule has 0 aliphatic carbocycles. The van der Waals surface area contributed by atoms with E-state index in [9.17, 15) is 9.18 Å². The number of amidine groups is 2. The Morgan fingerprint density at radius 1 is 1.19 bits per heavy atom. The number of benzene rings is 1. The van der Waals surface area contributed by atoms with E-state index < -0.39 is 5.91 Å². The van der Waals surface area contributed by atoms with Crippen LogP contribution in [0.15, 0.2) is 63.5 Å². The zero-order valence-corrected chi connectivity index (χ0v) is 18.9. The van der Waals surface area contributed by atoms with Crippen LogP contribution in [0.3, 0.4) is 0 Å². The van der Waals surface area contributed by atoms with E-state index >= 15 is 0 Å². The summed E-state index contributed by atoms with van der Waals surface area (Å²) in [4.78, 5) is 18.1. The first-order valence-electron chi connectivity index (χ1n) is 9.87. The van der Waals surface area contributed by atoms with Crippen LogP contribution < -0.4 is 0 Å². The molecule has 2 aliphatic heterocycles. The molecular weight excluding hydrogens is 445 g/mol. The molecule has 160 valence electrons. The van der Waals surface area contributed by atoms with Crippen molar-refractivity contribution in [1.29, 1.82) is 5.41 Å². The summed E-state index contributed by atoms with van der Waals surface area (Å²) in [5, 5.41) is 17.8. The second-order valence-corrected chi connectivity index (χ2v) is 9.48. The van der Waals surface area contributed by atoms with Crippen LogP contribution in [0, 0.1) is 25.1 Å². The number of amides is 1. The fraction of sp³-hybridized carbons (Fsp3) is 0.130. The molecule has 2 aromatic heterocycles. The Morgan fingerprint density at radius 3 is 2.69 bits per heavy atom. The molecule has 0 bridgehead atoms. The number of halogens is 1. The van der Waals surface area contributed by atoms with E-state index in [4.69, 9.17) is 5.41 Å². The molecule has 0 saturated carbocycles. The summed E-state index contributed by atoms with van der Waals surface area (Å²) in [7, 11) is 0. The van der Waals surface area contributed by atoms with E-state index in [2.05, 4.69) is 10.1 Å². The third-order valence-corrected chi connectivity index (χ3v) is 7.04. The minimum absolute atomic E-state index is 0.0141. The summed E-state index contributed by atoms with van der Waals surface area (Å²) in [6, 6.07) is 12.2. The highest BCUT2D eigenvalue weighted by Gasteiger charge is 2.35. The summed E-state index contributed by atoms with van der Waals surface area (Å²) >= 11 is 2.97. The average molecular weight is 464 g/mol. The smallest absolute Gasteiger partial charge is 0.283 e. The SMILES string of the molecule is Cc1cc(/C=C2\C(=N)N3N=C(Cc4cccs4)SC3=NC2=O)c(C)n1-c1ccc(F)cc1. The lowest BCUT2D eigenvalue weighted by atomic mass is 10.1. The summed E-state index contributed by atoms with van der Waals surface area (Å²) in [6.07, 6.45) is 2.34. The van der Waals surface area contributed by atoms with Crippen molar-refractivity contribution in [2.24, 2.45) is 10.1 Å². The molecule has 9 heteroatoms. The first kappa shape index (κ1) is 20.6. The van der Waals surface area contributed by atoms with Crippen molar-refractivity contribution in [3.8, 4) is 5.69 Å². The minimum atomic E-state index is -0.451. The number of nitrogens with one attached hydrogen (secondary N) is 1. The lowest BCUT2D eigenvalue weighted by molar-refractivity contribution is -0.114. The maximum Gasteiger partial charge on any atom is 0.283 e. The Labute approximate surface area is 192 Å². The summed E-state index contributed by atoms with van der Waals surface area (Å²) in [5.74, 6) is -0.732. The highest BCUT2D eigenvalue weighted by atomic mass is 32.2. The van der Waals surface area contributed by atoms with Crippen molar-refractivity contribution in [1.82, 2.24) is 9.58 Å². The topological polar surface area (TPSA) is 73.8 Å². The standard InChI is InChI=1S/C23H18FN5OS2/c1-13-10-15(14(2)28(13)17-7-5-16(24)6-8-17)11-19-21(25)29-23(26-22(19)30)32-20(27-29)12-18-4-3-9-31-18/h3-11,25H,12H2,1-2H3/b19-11+,25-21?. The van der Waals surface area contributed by atoms with Crippen LogP contribution in [0.2, 0.25) is 0 Å². The number of hydrogen-bond donors (Lipinski definition) is 1. The molecule has 1 aromatic carbocycles. The lowest BCUT2D eigenvalue weighted by Gasteiger charge is -2.20. The fourth-order valence-corrected chi connectivity index (χ4v) is 5.45. The molecule has 1 N–H and O–H groups in total. The predicted molar refractivity (Wildman–Crippen MR) is 128 cm³/mol. The first-order valence-corrected chi connectivity index (χ1v) is 11.6. The molecule has 0 spiro atoms. The van der Waals surface area contributed by atoms with Crippen molar-refractivity contribution in [3.63, 3.8) is 0 Å². The Morgan fingerprint density at radius 2 is 1.97 bits per heavy atom. The molecule has 0 atom stereocenters. The number of aromatic nitrogens is 1. The summed E-state index contributed by atoms with van der Waals surface area (Å²) in [5.41, 5.74) is 3.64. The normalized spacial score (nSPS) is 17.1. The third kappa shape index (κ3) is 3.63. The maximum absolute atomic E-state index is 13.3. The van der Waals surface area contributed by atoms with E-state index in [-0.39, 0.29) is 17.2 Å². The van der Waals surface area contributed by atoms with Gasteiger partial charge in [-0.15, -0.1) is 11.3 Å². The first-order chi connectivity index (χ1) is 15.4. The maximum atomic E-state index is 13.3. The van der Waals surface area contributed by atoms with Crippen LogP contribution in [-0.4, -0.2) is 31.5 Å². The second-order valence-electron chi connectivity index (χ2n) is 7.41. The molecular formula is C23H18FN5OS2. The Hall–Kier alpha value is -3.30. The average Bonchev–Trinajstić information content (AvgIpc) is 3.47. The Kier molecular flexibility index (Phi) is 5.15. The van der Waals surface area contributed by atoms with Crippen LogP contribution in [0.25, 0.3) is 11.8 Å². The molecule has 6 nitrogen and oxygen atoms in total. The number of thioether (sulfide) groups is 1. The predicted octanol–water partition coefficient (Wildman–Crippen LogP) is 5.16. The summed E-state index contributed by atoms with van der Waals surface area (Å²) in [6.45, 7) is 3.87. The van der Waals surface area contributed by atoms with Gasteiger partial charge in [-0.2, -0.15) is 15.1 Å². The largest absolute Gasteiger partial charge is 0.318 e. The zero-order chi connectivity index (χ0) is 22.4. The summed E-state index contributed by atoms with van der Waals surface area (Å²) < 4.78 is 15.3. The molecule has 4 heterocycles. The molecule has 3 aromatic rings. The van der Waals surface area contributed by atoms with Crippen LogP contribution in [0.1, 0.15) is 21.8 Å². The molecule has 1 amide bonds. The molecule has 0 unspecified atom stereocenters. The van der Waals surface area contributed by atoms with Gasteiger partial charge in [-0.1, -0.05) is 6.07 Å². The van der Waals surface area contributed by atoms with E-state index in [1.54, 1.807) is 29.5 Å². The number of carbonyl (C=O) groups excluding carboxylic acids is 1. The number of rotatable bonds is 4. The number of hydrogen-bond acceptors (Lipinski definition) is 5. The van der Waals surface area contributed by atoms with Gasteiger partial charge in [0.15, 0.2) is 5.84 Å². The van der Waals surface area contributed by atoms with Crippen molar-refractivity contribution in [2.75, 3.05) is 0 Å². The van der Waals surface area contributed by atoms with Gasteiger partial charge in [-0.3, -0.25) is 10.2 Å². The number of fused-ring (bicyclic) bond motifs is 1. The number of aliphatic imine (C=N–C) groups is 1. The van der Waals surface area contributed by atoms with Gasteiger partial charge < -0.3 is 4.57 Å². The number of carbonyl (C=O) groups is 1. The Balaban J connectivity index is 1.47. The molecule has 0 fully saturated rings. The lowest BCUT2D eigenvalue weighted by Crippen LogP contribution is -2.35. The molecule has 5 rings (SSSR count). The highest BCUT2D eigenvalue weighted by Crippen LogP contribution is 2.31.